The molecule has 3 rings (SSSR count). The van der Waals surface area contributed by atoms with Gasteiger partial charge in [-0.05, 0) is 31.2 Å². The molecule has 0 radical (unpaired) electrons. The van der Waals surface area contributed by atoms with E-state index >= 15 is 0 Å². The minimum Gasteiger partial charge on any atom is -0.396 e. The maximum Gasteiger partial charge on any atom is 0.317 e. The average Bonchev–Trinajstić information content (AvgIpc) is 3.22. The molecule has 1 heterocycles. The molecule has 2 aliphatic rings. The highest BCUT2D eigenvalue weighted by Crippen LogP contribution is 2.21. The molecule has 148 valence electrons. The zero-order valence-electron chi connectivity index (χ0n) is 15.9. The number of carbonyl (C=O) groups excluding carboxylic acids is 2. The van der Waals surface area contributed by atoms with Crippen LogP contribution in [0.2, 0.25) is 0 Å². The summed E-state index contributed by atoms with van der Waals surface area (Å²) in [6.07, 6.45) is 6.14. The highest BCUT2D eigenvalue weighted by molar-refractivity contribution is 5.81. The van der Waals surface area contributed by atoms with Gasteiger partial charge in [-0.3, -0.25) is 4.79 Å². The molecule has 1 aliphatic heterocycles. The summed E-state index contributed by atoms with van der Waals surface area (Å²) in [4.78, 5) is 26.9. The number of benzene rings is 1. The normalized spacial score (nSPS) is 21.7. The molecule has 6 heteroatoms. The number of nitrogens with one attached hydrogen (secondary N) is 2. The fourth-order valence-electron chi connectivity index (χ4n) is 4.09. The highest BCUT2D eigenvalue weighted by Gasteiger charge is 2.30. The lowest BCUT2D eigenvalue weighted by molar-refractivity contribution is -0.126. The highest BCUT2D eigenvalue weighted by atomic mass is 16.3. The second-order valence-corrected chi connectivity index (χ2v) is 7.75. The van der Waals surface area contributed by atoms with Crippen LogP contribution in [0.5, 0.6) is 0 Å². The van der Waals surface area contributed by atoms with E-state index in [1.165, 1.54) is 12.8 Å². The Morgan fingerprint density at radius 1 is 1.11 bits per heavy atom. The summed E-state index contributed by atoms with van der Waals surface area (Å²) >= 11 is 0. The second-order valence-electron chi connectivity index (χ2n) is 7.75. The first kappa shape index (κ1) is 19.7. The number of urea groups is 1. The van der Waals surface area contributed by atoms with E-state index in [9.17, 15) is 14.7 Å². The van der Waals surface area contributed by atoms with E-state index in [0.717, 1.165) is 31.2 Å². The molecule has 27 heavy (non-hydrogen) atoms. The fraction of sp³-hybridized carbons (Fsp3) is 0.619. The zero-order chi connectivity index (χ0) is 19.1. The summed E-state index contributed by atoms with van der Waals surface area (Å²) in [7, 11) is 0. The predicted molar refractivity (Wildman–Crippen MR) is 104 cm³/mol. The monoisotopic (exact) mass is 373 g/mol. The number of rotatable bonds is 6. The van der Waals surface area contributed by atoms with Gasteiger partial charge < -0.3 is 20.6 Å². The van der Waals surface area contributed by atoms with Crippen LogP contribution in [0.1, 0.15) is 50.0 Å². The van der Waals surface area contributed by atoms with Crippen molar-refractivity contribution in [2.45, 2.75) is 50.5 Å². The SMILES string of the molecule is O=C(NCC(CO)c1ccccc1)C1CCCN(C(=O)NC2CCCC2)C1. The molecule has 1 aromatic carbocycles. The number of nitrogens with zero attached hydrogens (tertiary/aromatic N) is 1. The van der Waals surface area contributed by atoms with Crippen LogP contribution < -0.4 is 10.6 Å². The Balaban J connectivity index is 1.48. The van der Waals surface area contributed by atoms with Crippen molar-refractivity contribution in [1.82, 2.24) is 15.5 Å². The van der Waals surface area contributed by atoms with E-state index in [1.807, 2.05) is 30.3 Å². The van der Waals surface area contributed by atoms with Gasteiger partial charge in [-0.1, -0.05) is 43.2 Å². The summed E-state index contributed by atoms with van der Waals surface area (Å²) in [5.41, 5.74) is 1.02. The molecule has 1 saturated heterocycles. The van der Waals surface area contributed by atoms with Crippen LogP contribution in [0.25, 0.3) is 0 Å². The van der Waals surface area contributed by atoms with E-state index < -0.39 is 0 Å². The molecule has 3 amide bonds. The molecule has 1 aliphatic carbocycles. The Bertz CT molecular complexity index is 616. The predicted octanol–water partition coefficient (Wildman–Crippen LogP) is 2.24. The largest absolute Gasteiger partial charge is 0.396 e. The third-order valence-electron chi connectivity index (χ3n) is 5.78. The minimum atomic E-state index is -0.178. The van der Waals surface area contributed by atoms with Crippen LogP contribution in [-0.2, 0) is 4.79 Å². The van der Waals surface area contributed by atoms with Crippen molar-refractivity contribution in [1.29, 1.82) is 0 Å². The first-order valence-corrected chi connectivity index (χ1v) is 10.2. The van der Waals surface area contributed by atoms with Gasteiger partial charge in [-0.25, -0.2) is 4.79 Å². The lowest BCUT2D eigenvalue weighted by Crippen LogP contribution is -2.50. The van der Waals surface area contributed by atoms with Gasteiger partial charge in [0.25, 0.3) is 0 Å². The van der Waals surface area contributed by atoms with Gasteiger partial charge in [-0.2, -0.15) is 0 Å². The number of likely N-dealkylation sites (tertiary alicyclic amines) is 1. The van der Waals surface area contributed by atoms with Crippen LogP contribution in [0.4, 0.5) is 4.79 Å². The van der Waals surface area contributed by atoms with Crippen molar-refractivity contribution < 1.29 is 14.7 Å². The van der Waals surface area contributed by atoms with Crippen molar-refractivity contribution in [2.75, 3.05) is 26.2 Å². The first-order chi connectivity index (χ1) is 13.2. The number of hydrogen-bond donors (Lipinski definition) is 3. The zero-order valence-corrected chi connectivity index (χ0v) is 15.9. The van der Waals surface area contributed by atoms with Crippen LogP contribution >= 0.6 is 0 Å². The fourth-order valence-corrected chi connectivity index (χ4v) is 4.09. The van der Waals surface area contributed by atoms with E-state index in [1.54, 1.807) is 4.90 Å². The molecule has 0 spiro atoms. The Hall–Kier alpha value is -2.08. The van der Waals surface area contributed by atoms with Crippen molar-refractivity contribution in [3.05, 3.63) is 35.9 Å². The summed E-state index contributed by atoms with van der Waals surface area (Å²) in [6, 6.07) is 9.98. The van der Waals surface area contributed by atoms with Crippen molar-refractivity contribution in [2.24, 2.45) is 5.92 Å². The Labute approximate surface area is 161 Å². The number of aliphatic hydroxyl groups is 1. The van der Waals surface area contributed by atoms with Gasteiger partial charge >= 0.3 is 6.03 Å². The lowest BCUT2D eigenvalue weighted by Gasteiger charge is -2.33. The van der Waals surface area contributed by atoms with Gasteiger partial charge in [0, 0.05) is 31.6 Å². The van der Waals surface area contributed by atoms with Gasteiger partial charge in [0.15, 0.2) is 0 Å². The van der Waals surface area contributed by atoms with Gasteiger partial charge in [0.2, 0.25) is 5.91 Å². The van der Waals surface area contributed by atoms with Gasteiger partial charge in [-0.15, -0.1) is 0 Å². The number of aliphatic hydroxyl groups excluding tert-OH is 1. The van der Waals surface area contributed by atoms with Gasteiger partial charge in [0.1, 0.15) is 0 Å². The molecule has 0 bridgehead atoms. The Morgan fingerprint density at radius 2 is 1.85 bits per heavy atom. The number of amides is 3. The quantitative estimate of drug-likeness (QED) is 0.715. The Morgan fingerprint density at radius 3 is 2.56 bits per heavy atom. The standard InChI is InChI=1S/C21H31N3O3/c25-15-18(16-7-2-1-3-8-16)13-22-20(26)17-9-6-12-24(14-17)21(27)23-19-10-4-5-11-19/h1-3,7-8,17-19,25H,4-6,9-15H2,(H,22,26)(H,23,27). The smallest absolute Gasteiger partial charge is 0.317 e. The molecule has 2 atom stereocenters. The van der Waals surface area contributed by atoms with E-state index in [2.05, 4.69) is 10.6 Å². The molecule has 1 aromatic rings. The molecule has 0 aromatic heterocycles. The first-order valence-electron chi connectivity index (χ1n) is 10.2. The van der Waals surface area contributed by atoms with E-state index in [-0.39, 0.29) is 30.4 Å². The van der Waals surface area contributed by atoms with Crippen LogP contribution in [0.15, 0.2) is 30.3 Å². The second kappa shape index (κ2) is 9.74. The van der Waals surface area contributed by atoms with Crippen LogP contribution in [0.3, 0.4) is 0 Å². The molecule has 2 unspecified atom stereocenters. The average molecular weight is 373 g/mol. The molecule has 2 fully saturated rings. The summed E-state index contributed by atoms with van der Waals surface area (Å²) in [5, 5.41) is 15.7. The van der Waals surface area contributed by atoms with E-state index in [4.69, 9.17) is 0 Å². The number of piperidine rings is 1. The van der Waals surface area contributed by atoms with Crippen molar-refractivity contribution >= 4 is 11.9 Å². The molecular formula is C21H31N3O3. The van der Waals surface area contributed by atoms with E-state index in [0.29, 0.717) is 25.7 Å². The van der Waals surface area contributed by atoms with Crippen molar-refractivity contribution in [3.8, 4) is 0 Å². The Kier molecular flexibility index (Phi) is 7.10. The summed E-state index contributed by atoms with van der Waals surface area (Å²) < 4.78 is 0. The molecular weight excluding hydrogens is 342 g/mol. The number of hydrogen-bond acceptors (Lipinski definition) is 3. The van der Waals surface area contributed by atoms with Gasteiger partial charge in [0.05, 0.1) is 12.5 Å². The van der Waals surface area contributed by atoms with Crippen LogP contribution in [0, 0.1) is 5.92 Å². The van der Waals surface area contributed by atoms with Crippen LogP contribution in [-0.4, -0.2) is 54.2 Å². The minimum absolute atomic E-state index is 0.00905. The van der Waals surface area contributed by atoms with Crippen molar-refractivity contribution in [3.63, 3.8) is 0 Å². The number of carbonyl (C=O) groups is 2. The molecule has 3 N–H and O–H groups in total. The maximum absolute atomic E-state index is 12.6. The summed E-state index contributed by atoms with van der Waals surface area (Å²) in [6.45, 7) is 1.58. The topological polar surface area (TPSA) is 81.7 Å². The third-order valence-corrected chi connectivity index (χ3v) is 5.78. The molecule has 6 nitrogen and oxygen atoms in total. The lowest BCUT2D eigenvalue weighted by atomic mass is 9.96. The third kappa shape index (κ3) is 5.45. The molecule has 1 saturated carbocycles. The summed E-state index contributed by atoms with van der Waals surface area (Å²) in [5.74, 6) is -0.313. The maximum atomic E-state index is 12.6.